The van der Waals surface area contributed by atoms with Crippen molar-refractivity contribution in [2.45, 2.75) is 13.8 Å². The van der Waals surface area contributed by atoms with Crippen LogP contribution in [0, 0.1) is 19.7 Å². The van der Waals surface area contributed by atoms with E-state index in [4.69, 9.17) is 0 Å². The minimum absolute atomic E-state index is 0.201. The van der Waals surface area contributed by atoms with Crippen LogP contribution in [0.1, 0.15) is 11.1 Å². The molecule has 3 rings (SSSR count). The quantitative estimate of drug-likeness (QED) is 0.633. The van der Waals surface area contributed by atoms with Gasteiger partial charge in [-0.2, -0.15) is 4.57 Å². The molecule has 0 fully saturated rings. The highest BCUT2D eigenvalue weighted by molar-refractivity contribution is 5.61. The molecule has 106 valence electrons. The second-order valence-corrected chi connectivity index (χ2v) is 5.35. The van der Waals surface area contributed by atoms with Gasteiger partial charge in [0.05, 0.1) is 12.6 Å². The normalized spacial score (nSPS) is 10.9. The minimum atomic E-state index is -0.201. The molecule has 21 heavy (non-hydrogen) atoms. The third-order valence-corrected chi connectivity index (χ3v) is 3.81. The molecule has 0 spiro atoms. The maximum atomic E-state index is 13.4. The predicted molar refractivity (Wildman–Crippen MR) is 81.8 cm³/mol. The molecular weight excluding hydrogens is 263 g/mol. The number of nitrogens with zero attached hydrogens (tertiary/aromatic N) is 2. The highest BCUT2D eigenvalue weighted by Gasteiger charge is 2.21. The van der Waals surface area contributed by atoms with Crippen LogP contribution >= 0.6 is 0 Å². The van der Waals surface area contributed by atoms with Gasteiger partial charge in [0.15, 0.2) is 0 Å². The first-order valence-corrected chi connectivity index (χ1v) is 6.97. The molecule has 2 nitrogen and oxygen atoms in total. The predicted octanol–water partition coefficient (Wildman–Crippen LogP) is 3.72. The summed E-state index contributed by atoms with van der Waals surface area (Å²) in [6.45, 7) is 4.03. The number of aromatic nitrogens is 2. The molecule has 0 saturated heterocycles. The Morgan fingerprint density at radius 3 is 2.48 bits per heavy atom. The lowest BCUT2D eigenvalue weighted by atomic mass is 10.1. The Bertz CT molecular complexity index is 803. The van der Waals surface area contributed by atoms with Crippen molar-refractivity contribution in [3.8, 4) is 17.1 Å². The number of rotatable bonds is 2. The van der Waals surface area contributed by atoms with Crippen LogP contribution < -0.4 is 4.57 Å². The number of hydrogen-bond donors (Lipinski definition) is 0. The van der Waals surface area contributed by atoms with Gasteiger partial charge in [-0.25, -0.2) is 8.96 Å². The van der Waals surface area contributed by atoms with Gasteiger partial charge in [-0.3, -0.25) is 0 Å². The fourth-order valence-corrected chi connectivity index (χ4v) is 2.70. The van der Waals surface area contributed by atoms with E-state index in [1.165, 1.54) is 11.6 Å². The van der Waals surface area contributed by atoms with E-state index in [0.717, 1.165) is 22.6 Å². The summed E-state index contributed by atoms with van der Waals surface area (Å²) in [7, 11) is 2.01. The summed E-state index contributed by atoms with van der Waals surface area (Å²) in [5.74, 6) is 0.842. The second-order valence-electron chi connectivity index (χ2n) is 5.35. The summed E-state index contributed by atoms with van der Waals surface area (Å²) in [6.07, 6.45) is 4.06. The monoisotopic (exact) mass is 281 g/mol. The van der Waals surface area contributed by atoms with Crippen LogP contribution in [-0.4, -0.2) is 4.57 Å². The smallest absolute Gasteiger partial charge is 0.232 e. The first-order chi connectivity index (χ1) is 10.1. The summed E-state index contributed by atoms with van der Waals surface area (Å²) in [5.41, 5.74) is 4.30. The van der Waals surface area contributed by atoms with Crippen LogP contribution in [0.2, 0.25) is 0 Å². The number of hydrogen-bond acceptors (Lipinski definition) is 0. The van der Waals surface area contributed by atoms with Crippen molar-refractivity contribution in [1.82, 2.24) is 4.57 Å². The summed E-state index contributed by atoms with van der Waals surface area (Å²) in [6, 6.07) is 13.2. The molecule has 1 aromatic heterocycles. The van der Waals surface area contributed by atoms with Gasteiger partial charge in [0.25, 0.3) is 5.82 Å². The largest absolute Gasteiger partial charge is 0.294 e. The maximum absolute atomic E-state index is 13.4. The van der Waals surface area contributed by atoms with Gasteiger partial charge in [-0.15, -0.1) is 0 Å². The summed E-state index contributed by atoms with van der Waals surface area (Å²) in [4.78, 5) is 0. The molecule has 0 unspecified atom stereocenters. The first-order valence-electron chi connectivity index (χ1n) is 6.97. The Labute approximate surface area is 124 Å². The lowest BCUT2D eigenvalue weighted by molar-refractivity contribution is -0.659. The summed E-state index contributed by atoms with van der Waals surface area (Å²) < 4.78 is 17.6. The van der Waals surface area contributed by atoms with Gasteiger partial charge < -0.3 is 0 Å². The van der Waals surface area contributed by atoms with Gasteiger partial charge in [0.2, 0.25) is 0 Å². The molecule has 3 heteroatoms. The Kier molecular flexibility index (Phi) is 3.34. The van der Waals surface area contributed by atoms with Crippen molar-refractivity contribution in [2.75, 3.05) is 0 Å². The number of aryl methyl sites for hydroxylation is 3. The third-order valence-electron chi connectivity index (χ3n) is 3.81. The molecular formula is C18H18FN2+. The SMILES string of the molecule is Cc1cc(F)ccc1-c1n(-c2ccccc2C)cc[n+]1C. The Morgan fingerprint density at radius 2 is 1.76 bits per heavy atom. The van der Waals surface area contributed by atoms with Crippen LogP contribution in [0.15, 0.2) is 54.9 Å². The highest BCUT2D eigenvalue weighted by Crippen LogP contribution is 2.25. The molecule has 2 aromatic carbocycles. The van der Waals surface area contributed by atoms with Gasteiger partial charge >= 0.3 is 0 Å². The van der Waals surface area contributed by atoms with E-state index in [9.17, 15) is 4.39 Å². The zero-order chi connectivity index (χ0) is 15.0. The number of benzene rings is 2. The Hall–Kier alpha value is -2.42. The lowest BCUT2D eigenvalue weighted by Crippen LogP contribution is -2.29. The fraction of sp³-hybridized carbons (Fsp3) is 0.167. The third kappa shape index (κ3) is 2.35. The molecule has 0 aliphatic carbocycles. The van der Waals surface area contributed by atoms with Crippen molar-refractivity contribution in [3.05, 3.63) is 71.8 Å². The van der Waals surface area contributed by atoms with E-state index >= 15 is 0 Å². The van der Waals surface area contributed by atoms with E-state index in [-0.39, 0.29) is 5.82 Å². The zero-order valence-electron chi connectivity index (χ0n) is 12.5. The molecule has 3 aromatic rings. The molecule has 0 aliphatic heterocycles. The zero-order valence-corrected chi connectivity index (χ0v) is 12.5. The van der Waals surface area contributed by atoms with Crippen molar-refractivity contribution < 1.29 is 8.96 Å². The van der Waals surface area contributed by atoms with E-state index in [2.05, 4.69) is 28.2 Å². The van der Waals surface area contributed by atoms with Gasteiger partial charge in [0, 0.05) is 0 Å². The highest BCUT2D eigenvalue weighted by atomic mass is 19.1. The van der Waals surface area contributed by atoms with Gasteiger partial charge in [-0.1, -0.05) is 18.2 Å². The average Bonchev–Trinajstić information content (AvgIpc) is 2.81. The molecule has 0 atom stereocenters. The number of imidazole rings is 1. The molecule has 0 aliphatic rings. The number of halogens is 1. The Balaban J connectivity index is 2.25. The van der Waals surface area contributed by atoms with Crippen LogP contribution in [-0.2, 0) is 7.05 Å². The standard InChI is InChI=1S/C18H18FN2/c1-13-6-4-5-7-17(13)21-11-10-20(3)18(21)16-9-8-15(19)12-14(16)2/h4-12H,1-3H3/q+1. The first kappa shape index (κ1) is 13.6. The molecule has 1 heterocycles. The molecule has 0 bridgehead atoms. The van der Waals surface area contributed by atoms with Crippen LogP contribution in [0.5, 0.6) is 0 Å². The minimum Gasteiger partial charge on any atom is -0.232 e. The lowest BCUT2D eigenvalue weighted by Gasteiger charge is -2.07. The van der Waals surface area contributed by atoms with E-state index in [0.29, 0.717) is 0 Å². The second kappa shape index (κ2) is 5.17. The summed E-state index contributed by atoms with van der Waals surface area (Å²) in [5, 5.41) is 0. The van der Waals surface area contributed by atoms with Crippen molar-refractivity contribution >= 4 is 0 Å². The van der Waals surface area contributed by atoms with E-state index in [1.807, 2.05) is 44.6 Å². The molecule has 0 radical (unpaired) electrons. The Morgan fingerprint density at radius 1 is 1.00 bits per heavy atom. The van der Waals surface area contributed by atoms with Gasteiger partial charge in [-0.05, 0) is 49.2 Å². The van der Waals surface area contributed by atoms with Crippen LogP contribution in [0.3, 0.4) is 0 Å². The maximum Gasteiger partial charge on any atom is 0.294 e. The number of para-hydroxylation sites is 1. The summed E-state index contributed by atoms with van der Waals surface area (Å²) >= 11 is 0. The van der Waals surface area contributed by atoms with Crippen molar-refractivity contribution in [1.29, 1.82) is 0 Å². The van der Waals surface area contributed by atoms with Crippen molar-refractivity contribution in [3.63, 3.8) is 0 Å². The fourth-order valence-electron chi connectivity index (χ4n) is 2.70. The topological polar surface area (TPSA) is 8.81 Å². The molecule has 0 amide bonds. The molecule has 0 saturated carbocycles. The van der Waals surface area contributed by atoms with Crippen molar-refractivity contribution in [2.24, 2.45) is 7.05 Å². The average molecular weight is 281 g/mol. The van der Waals surface area contributed by atoms with E-state index < -0.39 is 0 Å². The van der Waals surface area contributed by atoms with E-state index in [1.54, 1.807) is 6.07 Å². The van der Waals surface area contributed by atoms with Crippen LogP contribution in [0.25, 0.3) is 17.1 Å². The van der Waals surface area contributed by atoms with Gasteiger partial charge in [0.1, 0.15) is 23.9 Å². The molecule has 0 N–H and O–H groups in total. The van der Waals surface area contributed by atoms with Crippen LogP contribution in [0.4, 0.5) is 4.39 Å².